The second-order valence-corrected chi connectivity index (χ2v) is 10.3. The Labute approximate surface area is 190 Å². The fourth-order valence-electron chi connectivity index (χ4n) is 2.28. The number of benzene rings is 2. The highest BCUT2D eigenvalue weighted by atomic mass is 35.5. The molecule has 2 aromatic carbocycles. The van der Waals surface area contributed by atoms with Crippen LogP contribution in [-0.2, 0) is 25.4 Å². The van der Waals surface area contributed by atoms with Crippen molar-refractivity contribution in [3.05, 3.63) is 63.6 Å². The zero-order valence-electron chi connectivity index (χ0n) is 16.3. The van der Waals surface area contributed by atoms with Gasteiger partial charge in [-0.1, -0.05) is 47.0 Å². The third-order valence-corrected chi connectivity index (χ3v) is 7.33. The number of nitrogens with zero attached hydrogens (tertiary/aromatic N) is 1. The number of sulfonamides is 1. The smallest absolute Gasteiger partial charge is 0.253 e. The molecule has 0 aliphatic heterocycles. The van der Waals surface area contributed by atoms with Crippen LogP contribution in [0.15, 0.2) is 47.4 Å². The van der Waals surface area contributed by atoms with Gasteiger partial charge in [-0.2, -0.15) is 4.31 Å². The monoisotopic (exact) mass is 489 g/mol. The van der Waals surface area contributed by atoms with Gasteiger partial charge in [0.25, 0.3) is 5.91 Å². The predicted octanol–water partition coefficient (Wildman–Crippen LogP) is 3.00. The minimum absolute atomic E-state index is 0.0801. The summed E-state index contributed by atoms with van der Waals surface area (Å²) in [6, 6.07) is 11.4. The van der Waals surface area contributed by atoms with Gasteiger partial charge in [-0.05, 0) is 36.8 Å². The number of nitrogens with one attached hydrogen (secondary N) is 2. The van der Waals surface area contributed by atoms with Crippen molar-refractivity contribution < 1.29 is 18.0 Å². The first-order valence-corrected chi connectivity index (χ1v) is 12.1. The molecule has 2 amide bonds. The molecule has 2 aromatic rings. The van der Waals surface area contributed by atoms with Crippen LogP contribution in [0.2, 0.25) is 10.0 Å². The molecule has 0 spiro atoms. The van der Waals surface area contributed by atoms with Gasteiger partial charge in [0.2, 0.25) is 15.9 Å². The van der Waals surface area contributed by atoms with Crippen molar-refractivity contribution in [2.75, 3.05) is 19.3 Å². The molecule has 0 unspecified atom stereocenters. The third kappa shape index (κ3) is 7.17. The minimum Gasteiger partial charge on any atom is -0.272 e. The first-order chi connectivity index (χ1) is 14.1. The Balaban J connectivity index is 1.76. The predicted molar refractivity (Wildman–Crippen MR) is 120 cm³/mol. The summed E-state index contributed by atoms with van der Waals surface area (Å²) in [7, 11) is -2.51. The quantitative estimate of drug-likeness (QED) is 0.555. The van der Waals surface area contributed by atoms with Crippen LogP contribution in [0.3, 0.4) is 0 Å². The number of halogens is 2. The maximum atomic E-state index is 12.5. The van der Waals surface area contributed by atoms with Crippen molar-refractivity contribution in [1.82, 2.24) is 15.2 Å². The second-order valence-electron chi connectivity index (χ2n) is 6.40. The lowest BCUT2D eigenvalue weighted by atomic mass is 10.2. The van der Waals surface area contributed by atoms with E-state index in [1.54, 1.807) is 30.3 Å². The first-order valence-electron chi connectivity index (χ1n) is 8.72. The van der Waals surface area contributed by atoms with E-state index in [2.05, 4.69) is 10.9 Å². The van der Waals surface area contributed by atoms with Crippen molar-refractivity contribution in [2.45, 2.75) is 17.6 Å². The van der Waals surface area contributed by atoms with E-state index in [0.29, 0.717) is 15.8 Å². The molecule has 2 N–H and O–H groups in total. The van der Waals surface area contributed by atoms with Crippen LogP contribution in [0, 0.1) is 6.92 Å². The van der Waals surface area contributed by atoms with E-state index in [4.69, 9.17) is 23.2 Å². The van der Waals surface area contributed by atoms with Crippen LogP contribution < -0.4 is 10.9 Å². The highest BCUT2D eigenvalue weighted by molar-refractivity contribution is 7.99. The molecule has 0 atom stereocenters. The summed E-state index contributed by atoms with van der Waals surface area (Å²) >= 11 is 13.2. The number of amides is 2. The standard InChI is InChI=1S/C19H21Cl2N3O4S2/c1-13-3-7-16(8-4-13)30(27,28)24(2)10-18(25)22-23-19(26)12-29-11-14-5-6-15(20)9-17(14)21/h3-9H,10-12H2,1-2H3,(H,22,25)(H,23,26). The molecule has 162 valence electrons. The van der Waals surface area contributed by atoms with Crippen molar-refractivity contribution in [2.24, 2.45) is 0 Å². The number of thioether (sulfide) groups is 1. The van der Waals surface area contributed by atoms with E-state index < -0.39 is 28.4 Å². The van der Waals surface area contributed by atoms with Gasteiger partial charge in [-0.15, -0.1) is 11.8 Å². The van der Waals surface area contributed by atoms with Gasteiger partial charge in [0.05, 0.1) is 17.2 Å². The zero-order valence-corrected chi connectivity index (χ0v) is 19.5. The number of carbonyl (C=O) groups is 2. The van der Waals surface area contributed by atoms with Crippen LogP contribution in [0.25, 0.3) is 0 Å². The van der Waals surface area contributed by atoms with E-state index >= 15 is 0 Å². The average molecular weight is 490 g/mol. The lowest BCUT2D eigenvalue weighted by Crippen LogP contribution is -2.47. The minimum atomic E-state index is -3.81. The summed E-state index contributed by atoms with van der Waals surface area (Å²) in [6.07, 6.45) is 0. The van der Waals surface area contributed by atoms with Gasteiger partial charge in [0.15, 0.2) is 0 Å². The molecule has 0 aliphatic carbocycles. The van der Waals surface area contributed by atoms with Crippen molar-refractivity contribution in [1.29, 1.82) is 0 Å². The summed E-state index contributed by atoms with van der Waals surface area (Å²) in [4.78, 5) is 24.0. The largest absolute Gasteiger partial charge is 0.272 e. The summed E-state index contributed by atoms with van der Waals surface area (Å²) in [5, 5.41) is 1.05. The second kappa shape index (κ2) is 11.0. The number of aryl methyl sites for hydroxylation is 1. The summed E-state index contributed by atoms with van der Waals surface area (Å²) in [6.45, 7) is 1.41. The summed E-state index contributed by atoms with van der Waals surface area (Å²) in [5.41, 5.74) is 6.24. The Bertz CT molecular complexity index is 1010. The zero-order chi connectivity index (χ0) is 22.3. The molecule has 30 heavy (non-hydrogen) atoms. The fraction of sp³-hybridized carbons (Fsp3) is 0.263. The fourth-order valence-corrected chi connectivity index (χ4v) is 4.80. The molecule has 11 heteroatoms. The molecule has 0 radical (unpaired) electrons. The van der Waals surface area contributed by atoms with Crippen LogP contribution >= 0.6 is 35.0 Å². The van der Waals surface area contributed by atoms with Gasteiger partial charge in [-0.25, -0.2) is 8.42 Å². The molecule has 0 saturated carbocycles. The molecule has 7 nitrogen and oxygen atoms in total. The molecule has 0 fully saturated rings. The van der Waals surface area contributed by atoms with Gasteiger partial charge < -0.3 is 0 Å². The highest BCUT2D eigenvalue weighted by Crippen LogP contribution is 2.24. The normalized spacial score (nSPS) is 11.4. The van der Waals surface area contributed by atoms with Gasteiger partial charge >= 0.3 is 0 Å². The van der Waals surface area contributed by atoms with Gasteiger partial charge in [0.1, 0.15) is 0 Å². The molecule has 2 rings (SSSR count). The van der Waals surface area contributed by atoms with E-state index in [1.807, 2.05) is 6.92 Å². The first kappa shape index (κ1) is 24.5. The molecule has 0 heterocycles. The number of hydrogen-bond acceptors (Lipinski definition) is 5. The molecular weight excluding hydrogens is 469 g/mol. The van der Waals surface area contributed by atoms with E-state index in [9.17, 15) is 18.0 Å². The van der Waals surface area contributed by atoms with Crippen molar-refractivity contribution >= 4 is 56.8 Å². The molecular formula is C19H21Cl2N3O4S2. The van der Waals surface area contributed by atoms with E-state index in [0.717, 1.165) is 15.4 Å². The van der Waals surface area contributed by atoms with Crippen LogP contribution in [0.1, 0.15) is 11.1 Å². The third-order valence-electron chi connectivity index (χ3n) is 3.94. The summed E-state index contributed by atoms with van der Waals surface area (Å²) < 4.78 is 25.9. The Morgan fingerprint density at radius 3 is 2.30 bits per heavy atom. The number of hydrazine groups is 1. The van der Waals surface area contributed by atoms with Gasteiger partial charge in [0, 0.05) is 22.8 Å². The Morgan fingerprint density at radius 1 is 1.03 bits per heavy atom. The lowest BCUT2D eigenvalue weighted by molar-refractivity contribution is -0.127. The van der Waals surface area contributed by atoms with Crippen molar-refractivity contribution in [3.8, 4) is 0 Å². The van der Waals surface area contributed by atoms with Crippen LogP contribution in [-0.4, -0.2) is 43.9 Å². The lowest BCUT2D eigenvalue weighted by Gasteiger charge is -2.17. The van der Waals surface area contributed by atoms with Crippen LogP contribution in [0.4, 0.5) is 0 Å². The summed E-state index contributed by atoms with van der Waals surface area (Å²) in [5.74, 6) is -0.513. The maximum Gasteiger partial charge on any atom is 0.253 e. The van der Waals surface area contributed by atoms with Crippen LogP contribution in [0.5, 0.6) is 0 Å². The van der Waals surface area contributed by atoms with Gasteiger partial charge in [-0.3, -0.25) is 20.4 Å². The number of carbonyl (C=O) groups excluding carboxylic acids is 2. The van der Waals surface area contributed by atoms with E-state index in [-0.39, 0.29) is 10.6 Å². The topological polar surface area (TPSA) is 95.6 Å². The SMILES string of the molecule is Cc1ccc(S(=O)(=O)N(C)CC(=O)NNC(=O)CSCc2ccc(Cl)cc2Cl)cc1. The van der Waals surface area contributed by atoms with E-state index in [1.165, 1.54) is 30.9 Å². The number of hydrogen-bond donors (Lipinski definition) is 2. The molecule has 0 aliphatic rings. The average Bonchev–Trinajstić information content (AvgIpc) is 2.68. The molecule has 0 aromatic heterocycles. The number of likely N-dealkylation sites (N-methyl/N-ethyl adjacent to an activating group) is 1. The Hall–Kier alpha value is -1.78. The maximum absolute atomic E-state index is 12.5. The van der Waals surface area contributed by atoms with Crippen molar-refractivity contribution in [3.63, 3.8) is 0 Å². The highest BCUT2D eigenvalue weighted by Gasteiger charge is 2.23. The Morgan fingerprint density at radius 2 is 1.67 bits per heavy atom. The molecule has 0 saturated heterocycles. The Kier molecular flexibility index (Phi) is 8.99. The molecule has 0 bridgehead atoms. The number of rotatable bonds is 8.